The maximum absolute atomic E-state index is 8.70. The highest BCUT2D eigenvalue weighted by Gasteiger charge is 2.06. The minimum Gasteiger partial charge on any atom is -0.496 e. The Morgan fingerprint density at radius 1 is 1.25 bits per heavy atom. The molecule has 0 spiro atoms. The van der Waals surface area contributed by atoms with Crippen LogP contribution in [-0.2, 0) is 6.42 Å². The average Bonchev–Trinajstić information content (AvgIpc) is 2.28. The topological polar surface area (TPSA) is 29.5 Å². The molecule has 2 nitrogen and oxygen atoms in total. The summed E-state index contributed by atoms with van der Waals surface area (Å²) in [6.07, 6.45) is 3.90. The van der Waals surface area contributed by atoms with Gasteiger partial charge in [-0.15, -0.1) is 0 Å². The molecule has 0 atom stereocenters. The van der Waals surface area contributed by atoms with Crippen LogP contribution in [0.5, 0.6) is 5.75 Å². The molecule has 0 aliphatic carbocycles. The van der Waals surface area contributed by atoms with Crippen LogP contribution >= 0.6 is 11.6 Å². The molecule has 1 aromatic carbocycles. The maximum atomic E-state index is 8.70. The molecule has 0 saturated heterocycles. The van der Waals surface area contributed by atoms with Crippen molar-refractivity contribution >= 4 is 11.6 Å². The van der Waals surface area contributed by atoms with Gasteiger partial charge in [-0.2, -0.15) is 0 Å². The molecule has 90 valence electrons. The smallest absolute Gasteiger partial charge is 0.122 e. The number of unbranched alkanes of at least 4 members (excludes halogenated alkanes) is 2. The predicted molar refractivity (Wildman–Crippen MR) is 67.4 cm³/mol. The molecule has 0 saturated carbocycles. The van der Waals surface area contributed by atoms with Gasteiger partial charge in [0.05, 0.1) is 7.11 Å². The zero-order chi connectivity index (χ0) is 12.0. The standard InChI is InChI=1S/C13H19ClO2/c1-10-8-13(16-2)11(9-12(10)14)6-4-3-5-7-15/h8-9,15H,3-7H2,1-2H3. The van der Waals surface area contributed by atoms with Crippen molar-refractivity contribution in [2.75, 3.05) is 13.7 Å². The maximum Gasteiger partial charge on any atom is 0.122 e. The van der Waals surface area contributed by atoms with E-state index >= 15 is 0 Å². The van der Waals surface area contributed by atoms with Crippen LogP contribution in [0.4, 0.5) is 0 Å². The Morgan fingerprint density at radius 2 is 2.00 bits per heavy atom. The molecular formula is C13H19ClO2. The van der Waals surface area contributed by atoms with E-state index in [1.165, 1.54) is 0 Å². The fourth-order valence-corrected chi connectivity index (χ4v) is 1.87. The number of hydrogen-bond acceptors (Lipinski definition) is 2. The predicted octanol–water partition coefficient (Wildman–Crippen LogP) is 3.36. The highest BCUT2D eigenvalue weighted by Crippen LogP contribution is 2.27. The van der Waals surface area contributed by atoms with Crippen LogP contribution in [0.2, 0.25) is 5.02 Å². The number of aliphatic hydroxyl groups excluding tert-OH is 1. The van der Waals surface area contributed by atoms with Gasteiger partial charge in [-0.3, -0.25) is 0 Å². The molecule has 16 heavy (non-hydrogen) atoms. The van der Waals surface area contributed by atoms with Crippen LogP contribution in [-0.4, -0.2) is 18.8 Å². The minimum atomic E-state index is 0.270. The fourth-order valence-electron chi connectivity index (χ4n) is 1.69. The summed E-state index contributed by atoms with van der Waals surface area (Å²) in [5, 5.41) is 9.49. The summed E-state index contributed by atoms with van der Waals surface area (Å²) >= 11 is 6.09. The number of benzene rings is 1. The molecule has 0 heterocycles. The zero-order valence-corrected chi connectivity index (χ0v) is 10.7. The van der Waals surface area contributed by atoms with Gasteiger partial charge in [-0.05, 0) is 49.4 Å². The van der Waals surface area contributed by atoms with Crippen LogP contribution < -0.4 is 4.74 Å². The molecule has 0 amide bonds. The van der Waals surface area contributed by atoms with E-state index in [0.29, 0.717) is 0 Å². The lowest BCUT2D eigenvalue weighted by molar-refractivity contribution is 0.283. The highest BCUT2D eigenvalue weighted by molar-refractivity contribution is 6.31. The van der Waals surface area contributed by atoms with E-state index in [9.17, 15) is 0 Å². The Bertz CT molecular complexity index is 337. The lowest BCUT2D eigenvalue weighted by Crippen LogP contribution is -1.95. The molecule has 1 rings (SSSR count). The molecular weight excluding hydrogens is 224 g/mol. The van der Waals surface area contributed by atoms with Crippen LogP contribution in [0.15, 0.2) is 12.1 Å². The first-order chi connectivity index (χ1) is 7.69. The Hall–Kier alpha value is -0.730. The van der Waals surface area contributed by atoms with E-state index in [4.69, 9.17) is 21.4 Å². The quantitative estimate of drug-likeness (QED) is 0.776. The Balaban J connectivity index is 2.66. The van der Waals surface area contributed by atoms with Crippen LogP contribution in [0.3, 0.4) is 0 Å². The zero-order valence-electron chi connectivity index (χ0n) is 9.92. The van der Waals surface area contributed by atoms with Gasteiger partial charge in [0.25, 0.3) is 0 Å². The largest absolute Gasteiger partial charge is 0.496 e. The molecule has 3 heteroatoms. The van der Waals surface area contributed by atoms with Gasteiger partial charge in [0.15, 0.2) is 0 Å². The molecule has 0 fully saturated rings. The van der Waals surface area contributed by atoms with Crippen molar-refractivity contribution in [2.45, 2.75) is 32.6 Å². The van der Waals surface area contributed by atoms with Gasteiger partial charge in [0.2, 0.25) is 0 Å². The van der Waals surface area contributed by atoms with Gasteiger partial charge in [-0.25, -0.2) is 0 Å². The SMILES string of the molecule is COc1cc(C)c(Cl)cc1CCCCCO. The first kappa shape index (κ1) is 13.3. The number of aryl methyl sites for hydroxylation is 2. The second-order valence-electron chi connectivity index (χ2n) is 3.95. The van der Waals surface area contributed by atoms with Crippen molar-refractivity contribution in [2.24, 2.45) is 0 Å². The second kappa shape index (κ2) is 6.77. The molecule has 1 N–H and O–H groups in total. The molecule has 0 aliphatic heterocycles. The number of ether oxygens (including phenoxy) is 1. The van der Waals surface area contributed by atoms with E-state index in [1.54, 1.807) is 7.11 Å². The molecule has 0 radical (unpaired) electrons. The number of methoxy groups -OCH3 is 1. The molecule has 0 aliphatic rings. The molecule has 0 bridgehead atoms. The van der Waals surface area contributed by atoms with Crippen LogP contribution in [0.1, 0.15) is 30.4 Å². The summed E-state index contributed by atoms with van der Waals surface area (Å²) in [4.78, 5) is 0. The third kappa shape index (κ3) is 3.69. The lowest BCUT2D eigenvalue weighted by Gasteiger charge is -2.10. The number of aliphatic hydroxyl groups is 1. The van der Waals surface area contributed by atoms with Crippen molar-refractivity contribution < 1.29 is 9.84 Å². The van der Waals surface area contributed by atoms with E-state index in [1.807, 2.05) is 19.1 Å². The van der Waals surface area contributed by atoms with Crippen molar-refractivity contribution in [1.82, 2.24) is 0 Å². The van der Waals surface area contributed by atoms with Crippen LogP contribution in [0.25, 0.3) is 0 Å². The van der Waals surface area contributed by atoms with Crippen molar-refractivity contribution in [3.05, 3.63) is 28.3 Å². The summed E-state index contributed by atoms with van der Waals surface area (Å²) in [5.74, 6) is 0.908. The lowest BCUT2D eigenvalue weighted by atomic mass is 10.0. The molecule has 0 unspecified atom stereocenters. The Morgan fingerprint density at radius 3 is 2.62 bits per heavy atom. The normalized spacial score (nSPS) is 10.5. The summed E-state index contributed by atoms with van der Waals surface area (Å²) < 4.78 is 5.33. The number of rotatable bonds is 6. The molecule has 0 aromatic heterocycles. The highest BCUT2D eigenvalue weighted by atomic mass is 35.5. The van der Waals surface area contributed by atoms with Gasteiger partial charge < -0.3 is 9.84 Å². The van der Waals surface area contributed by atoms with Gasteiger partial charge in [-0.1, -0.05) is 18.0 Å². The Kier molecular flexibility index (Phi) is 5.64. The average molecular weight is 243 g/mol. The van der Waals surface area contributed by atoms with Crippen molar-refractivity contribution in [1.29, 1.82) is 0 Å². The fraction of sp³-hybridized carbons (Fsp3) is 0.538. The van der Waals surface area contributed by atoms with Crippen LogP contribution in [0, 0.1) is 6.92 Å². The minimum absolute atomic E-state index is 0.270. The van der Waals surface area contributed by atoms with Gasteiger partial charge in [0, 0.05) is 11.6 Å². The third-order valence-electron chi connectivity index (χ3n) is 2.67. The Labute approximate surface area is 102 Å². The van der Waals surface area contributed by atoms with E-state index in [-0.39, 0.29) is 6.61 Å². The third-order valence-corrected chi connectivity index (χ3v) is 3.07. The molecule has 1 aromatic rings. The second-order valence-corrected chi connectivity index (χ2v) is 4.35. The van der Waals surface area contributed by atoms with Gasteiger partial charge in [0.1, 0.15) is 5.75 Å². The summed E-state index contributed by atoms with van der Waals surface area (Å²) in [6.45, 7) is 2.24. The van der Waals surface area contributed by atoms with E-state index in [2.05, 4.69) is 0 Å². The van der Waals surface area contributed by atoms with Crippen molar-refractivity contribution in [3.8, 4) is 5.75 Å². The number of hydrogen-bond donors (Lipinski definition) is 1. The first-order valence-electron chi connectivity index (χ1n) is 5.63. The van der Waals surface area contributed by atoms with Gasteiger partial charge >= 0.3 is 0 Å². The van der Waals surface area contributed by atoms with Crippen molar-refractivity contribution in [3.63, 3.8) is 0 Å². The summed E-state index contributed by atoms with van der Waals surface area (Å²) in [7, 11) is 1.68. The monoisotopic (exact) mass is 242 g/mol. The summed E-state index contributed by atoms with van der Waals surface area (Å²) in [5.41, 5.74) is 2.19. The number of halogens is 1. The summed E-state index contributed by atoms with van der Waals surface area (Å²) in [6, 6.07) is 3.96. The van der Waals surface area contributed by atoms with E-state index in [0.717, 1.165) is 47.6 Å². The van der Waals surface area contributed by atoms with E-state index < -0.39 is 0 Å². The first-order valence-corrected chi connectivity index (χ1v) is 6.00.